The summed E-state index contributed by atoms with van der Waals surface area (Å²) in [4.78, 5) is 0. The van der Waals surface area contributed by atoms with Crippen molar-refractivity contribution in [3.05, 3.63) is 11.9 Å². The molecule has 0 atom stereocenters. The van der Waals surface area contributed by atoms with Gasteiger partial charge in [-0.25, -0.2) is 0 Å². The molecule has 1 saturated carbocycles. The highest BCUT2D eigenvalue weighted by atomic mass is 35.5. The van der Waals surface area contributed by atoms with Gasteiger partial charge >= 0.3 is 0 Å². The average molecular weight is 214 g/mol. The maximum absolute atomic E-state index is 5.67. The molecular formula is C10H16ClN3. The fraction of sp³-hybridized carbons (Fsp3) is 0.800. The van der Waals surface area contributed by atoms with Crippen LogP contribution in [0, 0.1) is 5.92 Å². The Hall–Kier alpha value is -0.570. The minimum absolute atomic E-state index is 0.463. The Labute approximate surface area is 89.4 Å². The first-order valence-electron chi connectivity index (χ1n) is 5.33. The second-order valence-electron chi connectivity index (χ2n) is 4.07. The number of hydrogen-bond acceptors (Lipinski definition) is 2. The third-order valence-corrected chi connectivity index (χ3v) is 3.17. The van der Waals surface area contributed by atoms with Crippen LogP contribution < -0.4 is 0 Å². The first-order valence-corrected chi connectivity index (χ1v) is 5.87. The Balaban J connectivity index is 1.89. The van der Waals surface area contributed by atoms with Crippen molar-refractivity contribution in [1.82, 2.24) is 15.0 Å². The Kier molecular flexibility index (Phi) is 3.40. The quantitative estimate of drug-likeness (QED) is 0.723. The van der Waals surface area contributed by atoms with E-state index in [1.807, 2.05) is 10.9 Å². The number of aromatic nitrogens is 3. The Morgan fingerprint density at radius 3 is 2.79 bits per heavy atom. The van der Waals surface area contributed by atoms with Crippen LogP contribution in [0.4, 0.5) is 0 Å². The number of nitrogens with zero attached hydrogens (tertiary/aromatic N) is 3. The summed E-state index contributed by atoms with van der Waals surface area (Å²) in [6.45, 7) is 1.02. The zero-order valence-corrected chi connectivity index (χ0v) is 9.08. The molecule has 1 aliphatic carbocycles. The molecule has 0 saturated heterocycles. The van der Waals surface area contributed by atoms with Crippen LogP contribution >= 0.6 is 11.6 Å². The maximum Gasteiger partial charge on any atom is 0.0974 e. The molecule has 2 rings (SSSR count). The molecule has 0 unspecified atom stereocenters. The van der Waals surface area contributed by atoms with E-state index < -0.39 is 0 Å². The molecule has 0 N–H and O–H groups in total. The van der Waals surface area contributed by atoms with E-state index in [2.05, 4.69) is 10.3 Å². The van der Waals surface area contributed by atoms with Crippen molar-refractivity contribution in [2.24, 2.45) is 5.92 Å². The summed E-state index contributed by atoms with van der Waals surface area (Å²) >= 11 is 5.67. The van der Waals surface area contributed by atoms with Gasteiger partial charge in [-0.3, -0.25) is 4.68 Å². The number of rotatable bonds is 3. The van der Waals surface area contributed by atoms with Crippen LogP contribution in [0.1, 0.15) is 37.8 Å². The summed E-state index contributed by atoms with van der Waals surface area (Å²) in [6.07, 6.45) is 8.80. The molecule has 0 aliphatic heterocycles. The molecule has 1 aromatic rings. The van der Waals surface area contributed by atoms with E-state index in [9.17, 15) is 0 Å². The summed E-state index contributed by atoms with van der Waals surface area (Å²) in [6, 6.07) is 0. The topological polar surface area (TPSA) is 30.7 Å². The number of alkyl halides is 1. The molecule has 78 valence electrons. The molecular weight excluding hydrogens is 198 g/mol. The van der Waals surface area contributed by atoms with Gasteiger partial charge < -0.3 is 0 Å². The molecule has 4 heteroatoms. The standard InChI is InChI=1S/C10H16ClN3/c11-6-10-8-14(13-12-10)7-9-4-2-1-3-5-9/h8-9H,1-7H2. The van der Waals surface area contributed by atoms with E-state index in [4.69, 9.17) is 11.6 Å². The van der Waals surface area contributed by atoms with Gasteiger partial charge in [-0.2, -0.15) is 0 Å². The first kappa shape index (κ1) is 9.97. The second-order valence-corrected chi connectivity index (χ2v) is 4.34. The minimum Gasteiger partial charge on any atom is -0.252 e. The smallest absolute Gasteiger partial charge is 0.0974 e. The highest BCUT2D eigenvalue weighted by molar-refractivity contribution is 6.16. The average Bonchev–Trinajstić information content (AvgIpc) is 2.67. The lowest BCUT2D eigenvalue weighted by Crippen LogP contribution is -2.14. The van der Waals surface area contributed by atoms with Gasteiger partial charge in [0.1, 0.15) is 0 Å². The molecule has 1 heterocycles. The van der Waals surface area contributed by atoms with E-state index in [1.54, 1.807) is 0 Å². The van der Waals surface area contributed by atoms with Crippen molar-refractivity contribution in [3.8, 4) is 0 Å². The summed E-state index contributed by atoms with van der Waals surface area (Å²) < 4.78 is 1.94. The molecule has 1 aliphatic rings. The lowest BCUT2D eigenvalue weighted by atomic mass is 9.89. The Bertz CT molecular complexity index is 279. The Morgan fingerprint density at radius 1 is 1.36 bits per heavy atom. The van der Waals surface area contributed by atoms with E-state index in [-0.39, 0.29) is 0 Å². The predicted molar refractivity (Wildman–Crippen MR) is 56.2 cm³/mol. The van der Waals surface area contributed by atoms with E-state index >= 15 is 0 Å². The van der Waals surface area contributed by atoms with Crippen LogP contribution in [0.2, 0.25) is 0 Å². The molecule has 14 heavy (non-hydrogen) atoms. The van der Waals surface area contributed by atoms with Gasteiger partial charge in [0.15, 0.2) is 0 Å². The molecule has 0 aromatic carbocycles. The van der Waals surface area contributed by atoms with Gasteiger partial charge in [0.2, 0.25) is 0 Å². The molecule has 0 spiro atoms. The van der Waals surface area contributed by atoms with Crippen LogP contribution in [-0.4, -0.2) is 15.0 Å². The van der Waals surface area contributed by atoms with Crippen molar-refractivity contribution < 1.29 is 0 Å². The monoisotopic (exact) mass is 213 g/mol. The second kappa shape index (κ2) is 4.78. The van der Waals surface area contributed by atoms with Gasteiger partial charge in [-0.1, -0.05) is 24.5 Å². The first-order chi connectivity index (χ1) is 6.88. The van der Waals surface area contributed by atoms with Gasteiger partial charge in [-0.05, 0) is 18.8 Å². The van der Waals surface area contributed by atoms with Crippen LogP contribution in [0.25, 0.3) is 0 Å². The summed E-state index contributed by atoms with van der Waals surface area (Å²) in [7, 11) is 0. The highest BCUT2D eigenvalue weighted by Gasteiger charge is 2.14. The van der Waals surface area contributed by atoms with Crippen LogP contribution in [0.5, 0.6) is 0 Å². The van der Waals surface area contributed by atoms with Gasteiger partial charge in [0.25, 0.3) is 0 Å². The third kappa shape index (κ3) is 2.47. The van der Waals surface area contributed by atoms with Crippen molar-refractivity contribution in [2.45, 2.75) is 44.5 Å². The zero-order chi connectivity index (χ0) is 9.80. The lowest BCUT2D eigenvalue weighted by molar-refractivity contribution is 0.305. The maximum atomic E-state index is 5.67. The number of hydrogen-bond donors (Lipinski definition) is 0. The van der Waals surface area contributed by atoms with E-state index in [0.29, 0.717) is 5.88 Å². The van der Waals surface area contributed by atoms with Gasteiger partial charge in [-0.15, -0.1) is 16.7 Å². The van der Waals surface area contributed by atoms with Gasteiger partial charge in [0.05, 0.1) is 11.6 Å². The van der Waals surface area contributed by atoms with Crippen LogP contribution in [-0.2, 0) is 12.4 Å². The predicted octanol–water partition coefficient (Wildman–Crippen LogP) is 2.60. The molecule has 1 aromatic heterocycles. The highest BCUT2D eigenvalue weighted by Crippen LogP contribution is 2.24. The molecule has 0 amide bonds. The molecule has 0 radical (unpaired) electrons. The molecule has 3 nitrogen and oxygen atoms in total. The minimum atomic E-state index is 0.463. The molecule has 0 bridgehead atoms. The summed E-state index contributed by atoms with van der Waals surface area (Å²) in [5.41, 5.74) is 0.877. The van der Waals surface area contributed by atoms with Crippen molar-refractivity contribution in [2.75, 3.05) is 0 Å². The lowest BCUT2D eigenvalue weighted by Gasteiger charge is -2.20. The normalized spacial score (nSPS) is 18.6. The fourth-order valence-corrected chi connectivity index (χ4v) is 2.25. The Morgan fingerprint density at radius 2 is 2.14 bits per heavy atom. The zero-order valence-electron chi connectivity index (χ0n) is 8.32. The van der Waals surface area contributed by atoms with Gasteiger partial charge in [0, 0.05) is 12.7 Å². The summed E-state index contributed by atoms with van der Waals surface area (Å²) in [5.74, 6) is 1.26. The SMILES string of the molecule is ClCc1cn(CC2CCCCC2)nn1. The van der Waals surface area contributed by atoms with Crippen molar-refractivity contribution in [1.29, 1.82) is 0 Å². The van der Waals surface area contributed by atoms with E-state index in [1.165, 1.54) is 32.1 Å². The molecule has 1 fully saturated rings. The van der Waals surface area contributed by atoms with E-state index in [0.717, 1.165) is 18.2 Å². The fourth-order valence-electron chi connectivity index (χ4n) is 2.12. The van der Waals surface area contributed by atoms with Crippen LogP contribution in [0.15, 0.2) is 6.20 Å². The number of halogens is 1. The van der Waals surface area contributed by atoms with Crippen LogP contribution in [0.3, 0.4) is 0 Å². The summed E-state index contributed by atoms with van der Waals surface area (Å²) in [5, 5.41) is 8.04. The van der Waals surface area contributed by atoms with Crippen molar-refractivity contribution >= 4 is 11.6 Å². The largest absolute Gasteiger partial charge is 0.252 e. The van der Waals surface area contributed by atoms with Crippen molar-refractivity contribution in [3.63, 3.8) is 0 Å². The third-order valence-electron chi connectivity index (χ3n) is 2.89.